The van der Waals surface area contributed by atoms with E-state index in [-0.39, 0.29) is 19.2 Å². The predicted octanol–water partition coefficient (Wildman–Crippen LogP) is 7.19. The average Bonchev–Trinajstić information content (AvgIpc) is 2.81. The van der Waals surface area contributed by atoms with Crippen LogP contribution in [0.25, 0.3) is 0 Å². The molecule has 1 unspecified atom stereocenters. The van der Waals surface area contributed by atoms with Crippen LogP contribution >= 0.6 is 0 Å². The van der Waals surface area contributed by atoms with Gasteiger partial charge in [0.15, 0.2) is 0 Å². The van der Waals surface area contributed by atoms with Crippen LogP contribution in [-0.4, -0.2) is 37.0 Å². The third kappa shape index (κ3) is 24.3. The van der Waals surface area contributed by atoms with E-state index in [1.807, 2.05) is 6.92 Å². The van der Waals surface area contributed by atoms with E-state index in [1.165, 1.54) is 0 Å². The second-order valence-electron chi connectivity index (χ2n) is 7.68. The quantitative estimate of drug-likeness (QED) is 0.112. The first kappa shape index (κ1) is 30.8. The Balaban J connectivity index is 3.60. The van der Waals surface area contributed by atoms with E-state index in [1.54, 1.807) is 0 Å². The molecule has 1 atom stereocenters. The Kier molecular flexibility index (Phi) is 24.4. The largest absolute Gasteiger partial charge is 0.457 e. The van der Waals surface area contributed by atoms with Gasteiger partial charge in [-0.25, -0.2) is 0 Å². The molecule has 4 heteroatoms. The maximum Gasteiger partial charge on any atom is 0.306 e. The summed E-state index contributed by atoms with van der Waals surface area (Å²) in [6.07, 6.45) is 34.8. The molecule has 186 valence electrons. The summed E-state index contributed by atoms with van der Waals surface area (Å²) in [6, 6.07) is 0. The van der Waals surface area contributed by atoms with Gasteiger partial charge in [0.1, 0.15) is 6.10 Å². The van der Waals surface area contributed by atoms with Crippen LogP contribution in [0.1, 0.15) is 78.1 Å². The van der Waals surface area contributed by atoms with Gasteiger partial charge in [0.2, 0.25) is 0 Å². The lowest BCUT2D eigenvalue weighted by Crippen LogP contribution is -2.27. The minimum atomic E-state index is -0.560. The van der Waals surface area contributed by atoms with Crippen LogP contribution in [0, 0.1) is 0 Å². The van der Waals surface area contributed by atoms with Crippen LogP contribution < -0.4 is 0 Å². The molecule has 0 radical (unpaired) electrons. The summed E-state index contributed by atoms with van der Waals surface area (Å²) >= 11 is 0. The van der Waals surface area contributed by atoms with Gasteiger partial charge in [-0.1, -0.05) is 86.8 Å². The molecule has 4 nitrogen and oxygen atoms in total. The number of rotatable bonds is 21. The zero-order valence-electron chi connectivity index (χ0n) is 20.9. The fourth-order valence-electron chi connectivity index (χ4n) is 2.73. The van der Waals surface area contributed by atoms with Crippen molar-refractivity contribution >= 4 is 5.97 Å². The van der Waals surface area contributed by atoms with Crippen molar-refractivity contribution in [1.29, 1.82) is 0 Å². The molecule has 0 aromatic rings. The third-order valence-corrected chi connectivity index (χ3v) is 4.52. The van der Waals surface area contributed by atoms with E-state index >= 15 is 0 Å². The molecular formula is C29H46O4. The Morgan fingerprint density at radius 2 is 1.24 bits per heavy atom. The SMILES string of the molecule is CC/C=C\C/C=C\C/C=C\C/C=C\C/C=C\C/C=C\CCCOCC(CO)OC(=O)CCC. The van der Waals surface area contributed by atoms with Gasteiger partial charge in [-0.3, -0.25) is 4.79 Å². The highest BCUT2D eigenvalue weighted by atomic mass is 16.6. The van der Waals surface area contributed by atoms with Gasteiger partial charge in [-0.05, 0) is 57.8 Å². The topological polar surface area (TPSA) is 55.8 Å². The van der Waals surface area contributed by atoms with E-state index in [0.717, 1.165) is 57.8 Å². The van der Waals surface area contributed by atoms with E-state index in [0.29, 0.717) is 13.0 Å². The first-order valence-corrected chi connectivity index (χ1v) is 12.5. The second-order valence-corrected chi connectivity index (χ2v) is 7.68. The Morgan fingerprint density at radius 1 is 0.758 bits per heavy atom. The Morgan fingerprint density at radius 3 is 1.70 bits per heavy atom. The van der Waals surface area contributed by atoms with Crippen molar-refractivity contribution in [3.05, 3.63) is 72.9 Å². The van der Waals surface area contributed by atoms with Gasteiger partial charge < -0.3 is 14.6 Å². The molecule has 0 saturated carbocycles. The summed E-state index contributed by atoms with van der Waals surface area (Å²) < 4.78 is 10.6. The van der Waals surface area contributed by atoms with Crippen molar-refractivity contribution in [1.82, 2.24) is 0 Å². The molecular weight excluding hydrogens is 412 g/mol. The predicted molar refractivity (Wildman–Crippen MR) is 140 cm³/mol. The van der Waals surface area contributed by atoms with Gasteiger partial charge in [-0.2, -0.15) is 0 Å². The van der Waals surface area contributed by atoms with Gasteiger partial charge in [0.25, 0.3) is 0 Å². The van der Waals surface area contributed by atoms with Crippen molar-refractivity contribution in [2.24, 2.45) is 0 Å². The summed E-state index contributed by atoms with van der Waals surface area (Å²) in [5.74, 6) is -0.280. The number of hydrogen-bond acceptors (Lipinski definition) is 4. The first-order valence-electron chi connectivity index (χ1n) is 12.5. The third-order valence-electron chi connectivity index (χ3n) is 4.52. The molecule has 0 amide bonds. The highest BCUT2D eigenvalue weighted by molar-refractivity contribution is 5.69. The normalized spacial score (nSPS) is 13.7. The molecule has 33 heavy (non-hydrogen) atoms. The summed E-state index contributed by atoms with van der Waals surface area (Å²) in [7, 11) is 0. The van der Waals surface area contributed by atoms with E-state index in [4.69, 9.17) is 9.47 Å². The van der Waals surface area contributed by atoms with Crippen LogP contribution in [0.5, 0.6) is 0 Å². The molecule has 0 aromatic carbocycles. The zero-order chi connectivity index (χ0) is 24.2. The molecule has 0 aromatic heterocycles. The van der Waals surface area contributed by atoms with Gasteiger partial charge in [-0.15, -0.1) is 0 Å². The van der Waals surface area contributed by atoms with Gasteiger partial charge in [0.05, 0.1) is 13.2 Å². The number of carbonyl (C=O) groups excluding carboxylic acids is 1. The van der Waals surface area contributed by atoms with Crippen LogP contribution in [0.4, 0.5) is 0 Å². The lowest BCUT2D eigenvalue weighted by atomic mass is 10.2. The van der Waals surface area contributed by atoms with E-state index in [2.05, 4.69) is 79.8 Å². The molecule has 0 saturated heterocycles. The highest BCUT2D eigenvalue weighted by Crippen LogP contribution is 2.01. The fraction of sp³-hybridized carbons (Fsp3) is 0.552. The Bertz CT molecular complexity index is 611. The van der Waals surface area contributed by atoms with Gasteiger partial charge >= 0.3 is 5.97 Å². The standard InChI is InChI=1S/C29H46O4/c1-3-5-6-7-8-9-10-11-12-13-14-15-16-17-18-19-20-21-22-23-25-32-27-28(26-30)33-29(31)24-4-2/h5-6,8-9,11-12,14-15,17-18,20-21,28,30H,3-4,7,10,13,16,19,22-27H2,1-2H3/b6-5-,9-8-,12-11-,15-14-,18-17-,21-20-. The number of esters is 1. The number of aliphatic hydroxyl groups is 1. The van der Waals surface area contributed by atoms with Crippen molar-refractivity contribution in [3.8, 4) is 0 Å². The maximum atomic E-state index is 11.4. The summed E-state index contributed by atoms with van der Waals surface area (Å²) in [6.45, 7) is 4.70. The molecule has 0 rings (SSSR count). The molecule has 0 bridgehead atoms. The van der Waals surface area contributed by atoms with Crippen LogP contribution in [0.15, 0.2) is 72.9 Å². The Labute approximate surface area is 202 Å². The lowest BCUT2D eigenvalue weighted by Gasteiger charge is -2.15. The molecule has 0 heterocycles. The summed E-state index contributed by atoms with van der Waals surface area (Å²) in [5, 5.41) is 9.23. The molecule has 0 aliphatic heterocycles. The number of unbranched alkanes of at least 4 members (excludes halogenated alkanes) is 1. The molecule has 0 spiro atoms. The van der Waals surface area contributed by atoms with Crippen molar-refractivity contribution in [2.75, 3.05) is 19.8 Å². The number of aliphatic hydroxyl groups excluding tert-OH is 1. The van der Waals surface area contributed by atoms with Gasteiger partial charge in [0, 0.05) is 13.0 Å². The fourth-order valence-corrected chi connectivity index (χ4v) is 2.73. The first-order chi connectivity index (χ1) is 16.2. The molecule has 0 fully saturated rings. The van der Waals surface area contributed by atoms with Crippen molar-refractivity contribution < 1.29 is 19.4 Å². The van der Waals surface area contributed by atoms with Crippen LogP contribution in [-0.2, 0) is 14.3 Å². The second kappa shape index (κ2) is 26.1. The van der Waals surface area contributed by atoms with Crippen LogP contribution in [0.2, 0.25) is 0 Å². The Hall–Kier alpha value is -2.17. The highest BCUT2D eigenvalue weighted by Gasteiger charge is 2.12. The number of carbonyl (C=O) groups is 1. The maximum absolute atomic E-state index is 11.4. The average molecular weight is 459 g/mol. The van der Waals surface area contributed by atoms with Crippen LogP contribution in [0.3, 0.4) is 0 Å². The van der Waals surface area contributed by atoms with E-state index < -0.39 is 6.10 Å². The monoisotopic (exact) mass is 458 g/mol. The lowest BCUT2D eigenvalue weighted by molar-refractivity contribution is -0.154. The minimum Gasteiger partial charge on any atom is -0.457 e. The summed E-state index contributed by atoms with van der Waals surface area (Å²) in [4.78, 5) is 11.4. The van der Waals surface area contributed by atoms with E-state index in [9.17, 15) is 9.90 Å². The van der Waals surface area contributed by atoms with Crippen molar-refractivity contribution in [3.63, 3.8) is 0 Å². The number of ether oxygens (including phenoxy) is 2. The van der Waals surface area contributed by atoms with Crippen molar-refractivity contribution in [2.45, 2.75) is 84.2 Å². The molecule has 1 N–H and O–H groups in total. The minimum absolute atomic E-state index is 0.206. The summed E-state index contributed by atoms with van der Waals surface area (Å²) in [5.41, 5.74) is 0. The number of allylic oxidation sites excluding steroid dienone is 12. The smallest absolute Gasteiger partial charge is 0.306 e. The molecule has 0 aliphatic rings. The zero-order valence-corrected chi connectivity index (χ0v) is 20.9. The molecule has 0 aliphatic carbocycles. The number of hydrogen-bond donors (Lipinski definition) is 1.